The van der Waals surface area contributed by atoms with E-state index < -0.39 is 0 Å². The second-order valence-corrected chi connectivity index (χ2v) is 5.91. The van der Waals surface area contributed by atoms with Gasteiger partial charge in [-0.2, -0.15) is 0 Å². The molecular formula is C14H18Cl2N2O. The minimum absolute atomic E-state index is 0.0239. The van der Waals surface area contributed by atoms with Gasteiger partial charge in [-0.15, -0.1) is 0 Å². The van der Waals surface area contributed by atoms with Crippen molar-refractivity contribution in [3.63, 3.8) is 0 Å². The first-order chi connectivity index (χ1) is 8.99. The molecule has 0 saturated carbocycles. The van der Waals surface area contributed by atoms with Crippen LogP contribution < -0.4 is 5.73 Å². The van der Waals surface area contributed by atoms with Crippen LogP contribution in [0.1, 0.15) is 30.1 Å². The van der Waals surface area contributed by atoms with E-state index in [1.54, 1.807) is 18.2 Å². The first-order valence-corrected chi connectivity index (χ1v) is 7.23. The summed E-state index contributed by atoms with van der Waals surface area (Å²) in [5.74, 6) is 0.0239. The lowest BCUT2D eigenvalue weighted by molar-refractivity contribution is 0.0794. The standard InChI is InChI=1S/C14H18Cl2N2O/c1-9(18-6-2-3-11(17)8-18)14(19)12-5-4-10(15)7-13(12)16/h4-5,7,9,11H,2-3,6,8,17H2,1H3. The van der Waals surface area contributed by atoms with E-state index in [1.165, 1.54) is 0 Å². The Hall–Kier alpha value is -0.610. The molecule has 1 fully saturated rings. The summed E-state index contributed by atoms with van der Waals surface area (Å²) in [5, 5.41) is 0.944. The first-order valence-electron chi connectivity index (χ1n) is 6.48. The second-order valence-electron chi connectivity index (χ2n) is 5.06. The lowest BCUT2D eigenvalue weighted by Gasteiger charge is -2.34. The summed E-state index contributed by atoms with van der Waals surface area (Å²) in [7, 11) is 0. The molecule has 1 saturated heterocycles. The third-order valence-corrected chi connectivity index (χ3v) is 4.16. The summed E-state index contributed by atoms with van der Waals surface area (Å²) in [6.45, 7) is 3.58. The zero-order valence-corrected chi connectivity index (χ0v) is 12.4. The number of hydrogen-bond donors (Lipinski definition) is 1. The van der Waals surface area contributed by atoms with Crippen LogP contribution in [0, 0.1) is 0 Å². The van der Waals surface area contributed by atoms with Crippen LogP contribution in [-0.4, -0.2) is 35.9 Å². The zero-order chi connectivity index (χ0) is 14.0. The van der Waals surface area contributed by atoms with Crippen molar-refractivity contribution < 1.29 is 4.79 Å². The molecule has 2 N–H and O–H groups in total. The molecule has 2 unspecified atom stereocenters. The van der Waals surface area contributed by atoms with Crippen LogP contribution in [0.3, 0.4) is 0 Å². The molecular weight excluding hydrogens is 283 g/mol. The van der Waals surface area contributed by atoms with Crippen LogP contribution in [0.4, 0.5) is 0 Å². The summed E-state index contributed by atoms with van der Waals surface area (Å²) in [4.78, 5) is 14.6. The van der Waals surface area contributed by atoms with Gasteiger partial charge in [0.1, 0.15) is 0 Å². The number of ketones is 1. The molecule has 1 aromatic rings. The molecule has 0 aliphatic carbocycles. The van der Waals surface area contributed by atoms with Gasteiger partial charge in [0.25, 0.3) is 0 Å². The van der Waals surface area contributed by atoms with E-state index in [-0.39, 0.29) is 17.9 Å². The number of nitrogens with two attached hydrogens (primary N) is 1. The minimum atomic E-state index is -0.204. The van der Waals surface area contributed by atoms with Crippen molar-refractivity contribution in [1.29, 1.82) is 0 Å². The van der Waals surface area contributed by atoms with Gasteiger partial charge < -0.3 is 5.73 Å². The van der Waals surface area contributed by atoms with Gasteiger partial charge >= 0.3 is 0 Å². The Balaban J connectivity index is 2.14. The highest BCUT2D eigenvalue weighted by Gasteiger charge is 2.27. The van der Waals surface area contributed by atoms with E-state index in [9.17, 15) is 4.79 Å². The maximum absolute atomic E-state index is 12.5. The molecule has 2 rings (SSSR count). The SMILES string of the molecule is CC(C(=O)c1ccc(Cl)cc1Cl)N1CCCC(N)C1. The highest BCUT2D eigenvalue weighted by Crippen LogP contribution is 2.24. The molecule has 0 amide bonds. The number of piperidine rings is 1. The molecule has 0 spiro atoms. The third kappa shape index (κ3) is 3.48. The molecule has 1 aliphatic rings. The van der Waals surface area contributed by atoms with Gasteiger partial charge in [-0.05, 0) is 44.5 Å². The lowest BCUT2D eigenvalue weighted by atomic mass is 10.00. The van der Waals surface area contributed by atoms with Crippen molar-refractivity contribution in [1.82, 2.24) is 4.90 Å². The van der Waals surface area contributed by atoms with E-state index in [0.717, 1.165) is 25.9 Å². The molecule has 1 heterocycles. The van der Waals surface area contributed by atoms with Gasteiger partial charge in [0, 0.05) is 23.2 Å². The van der Waals surface area contributed by atoms with Crippen molar-refractivity contribution in [2.45, 2.75) is 31.8 Å². The molecule has 19 heavy (non-hydrogen) atoms. The van der Waals surface area contributed by atoms with Gasteiger partial charge in [0.15, 0.2) is 5.78 Å². The van der Waals surface area contributed by atoms with E-state index in [4.69, 9.17) is 28.9 Å². The fourth-order valence-electron chi connectivity index (χ4n) is 2.47. The van der Waals surface area contributed by atoms with Crippen LogP contribution >= 0.6 is 23.2 Å². The summed E-state index contributed by atoms with van der Waals surface area (Å²) in [5.41, 5.74) is 6.48. The average molecular weight is 301 g/mol. The van der Waals surface area contributed by atoms with E-state index >= 15 is 0 Å². The molecule has 1 aliphatic heterocycles. The Morgan fingerprint density at radius 1 is 1.47 bits per heavy atom. The monoisotopic (exact) mass is 300 g/mol. The van der Waals surface area contributed by atoms with Gasteiger partial charge in [0.2, 0.25) is 0 Å². The average Bonchev–Trinajstić information content (AvgIpc) is 2.37. The number of rotatable bonds is 3. The Morgan fingerprint density at radius 3 is 2.84 bits per heavy atom. The largest absolute Gasteiger partial charge is 0.327 e. The van der Waals surface area contributed by atoms with Crippen LogP contribution in [0.2, 0.25) is 10.0 Å². The van der Waals surface area contributed by atoms with Crippen molar-refractivity contribution in [2.75, 3.05) is 13.1 Å². The van der Waals surface area contributed by atoms with Crippen LogP contribution in [0.5, 0.6) is 0 Å². The number of benzene rings is 1. The predicted molar refractivity (Wildman–Crippen MR) is 79.0 cm³/mol. The van der Waals surface area contributed by atoms with E-state index in [1.807, 2.05) is 6.92 Å². The maximum Gasteiger partial charge on any atom is 0.181 e. The van der Waals surface area contributed by atoms with E-state index in [0.29, 0.717) is 15.6 Å². The fourth-order valence-corrected chi connectivity index (χ4v) is 2.97. The summed E-state index contributed by atoms with van der Waals surface area (Å²) in [6.07, 6.45) is 2.06. The number of nitrogens with zero attached hydrogens (tertiary/aromatic N) is 1. The number of Topliss-reactive ketones (excluding diaryl/α,β-unsaturated/α-hetero) is 1. The van der Waals surface area contributed by atoms with Gasteiger partial charge in [-0.3, -0.25) is 9.69 Å². The summed E-state index contributed by atoms with van der Waals surface area (Å²) in [6, 6.07) is 4.93. The Bertz CT molecular complexity index is 479. The minimum Gasteiger partial charge on any atom is -0.327 e. The molecule has 3 nitrogen and oxygen atoms in total. The van der Waals surface area contributed by atoms with Crippen molar-refractivity contribution >= 4 is 29.0 Å². The predicted octanol–water partition coefficient (Wildman–Crippen LogP) is 2.99. The van der Waals surface area contributed by atoms with Crippen LogP contribution in [0.15, 0.2) is 18.2 Å². The number of carbonyl (C=O) groups excluding carboxylic acids is 1. The Morgan fingerprint density at radius 2 is 2.21 bits per heavy atom. The highest BCUT2D eigenvalue weighted by atomic mass is 35.5. The van der Waals surface area contributed by atoms with Crippen molar-refractivity contribution in [2.24, 2.45) is 5.73 Å². The van der Waals surface area contributed by atoms with Crippen molar-refractivity contribution in [3.05, 3.63) is 33.8 Å². The van der Waals surface area contributed by atoms with Crippen LogP contribution in [0.25, 0.3) is 0 Å². The number of likely N-dealkylation sites (tertiary alicyclic amines) is 1. The quantitative estimate of drug-likeness (QED) is 0.873. The zero-order valence-electron chi connectivity index (χ0n) is 10.9. The normalized spacial score (nSPS) is 22.2. The number of carbonyl (C=O) groups is 1. The molecule has 104 valence electrons. The highest BCUT2D eigenvalue weighted by molar-refractivity contribution is 6.37. The Labute approximate surface area is 123 Å². The Kier molecular flexibility index (Phi) is 4.85. The molecule has 0 aromatic heterocycles. The van der Waals surface area contributed by atoms with Gasteiger partial charge in [-0.1, -0.05) is 23.2 Å². The summed E-state index contributed by atoms with van der Waals surface area (Å²) >= 11 is 11.9. The van der Waals surface area contributed by atoms with Gasteiger partial charge in [-0.25, -0.2) is 0 Å². The number of halogens is 2. The fraction of sp³-hybridized carbons (Fsp3) is 0.500. The molecule has 5 heteroatoms. The molecule has 0 radical (unpaired) electrons. The van der Waals surface area contributed by atoms with E-state index in [2.05, 4.69) is 4.90 Å². The molecule has 2 atom stereocenters. The smallest absolute Gasteiger partial charge is 0.181 e. The van der Waals surface area contributed by atoms with Crippen LogP contribution in [-0.2, 0) is 0 Å². The number of hydrogen-bond acceptors (Lipinski definition) is 3. The summed E-state index contributed by atoms with van der Waals surface area (Å²) < 4.78 is 0. The second kappa shape index (κ2) is 6.23. The molecule has 0 bridgehead atoms. The first kappa shape index (κ1) is 14.8. The lowest BCUT2D eigenvalue weighted by Crippen LogP contribution is -2.49. The van der Waals surface area contributed by atoms with Gasteiger partial charge in [0.05, 0.1) is 11.1 Å². The third-order valence-electron chi connectivity index (χ3n) is 3.61. The topological polar surface area (TPSA) is 46.3 Å². The maximum atomic E-state index is 12.5. The van der Waals surface area contributed by atoms with Crippen molar-refractivity contribution in [3.8, 4) is 0 Å². The molecule has 1 aromatic carbocycles.